The van der Waals surface area contributed by atoms with E-state index in [0.29, 0.717) is 24.3 Å². The van der Waals surface area contributed by atoms with Gasteiger partial charge in [-0.25, -0.2) is 5.48 Å². The van der Waals surface area contributed by atoms with Crippen LogP contribution in [-0.4, -0.2) is 38.7 Å². The van der Waals surface area contributed by atoms with Gasteiger partial charge in [0.2, 0.25) is 5.91 Å². The van der Waals surface area contributed by atoms with Crippen LogP contribution in [0.15, 0.2) is 41.4 Å². The number of hydroxylamine groups is 1. The fourth-order valence-electron chi connectivity index (χ4n) is 2.98. The number of amides is 3. The highest BCUT2D eigenvalue weighted by Gasteiger charge is 2.34. The van der Waals surface area contributed by atoms with Crippen LogP contribution in [0.3, 0.4) is 0 Å². The summed E-state index contributed by atoms with van der Waals surface area (Å²) in [7, 11) is 0. The molecule has 0 saturated carbocycles. The number of hydrogen-bond acceptors (Lipinski definition) is 6. The summed E-state index contributed by atoms with van der Waals surface area (Å²) < 4.78 is 0. The summed E-state index contributed by atoms with van der Waals surface area (Å²) in [5.41, 5.74) is 3.26. The molecular formula is C20H21N3O4S. The molecule has 0 spiro atoms. The van der Waals surface area contributed by atoms with Crippen molar-refractivity contribution < 1.29 is 19.6 Å². The lowest BCUT2D eigenvalue weighted by Crippen LogP contribution is -2.29. The third-order valence-electron chi connectivity index (χ3n) is 4.44. The van der Waals surface area contributed by atoms with Crippen molar-refractivity contribution in [3.63, 3.8) is 0 Å². The first-order valence-electron chi connectivity index (χ1n) is 9.11. The molecule has 3 rings (SSSR count). The van der Waals surface area contributed by atoms with Crippen LogP contribution in [0, 0.1) is 0 Å². The van der Waals surface area contributed by atoms with Gasteiger partial charge in [-0.1, -0.05) is 31.0 Å². The van der Waals surface area contributed by atoms with Crippen molar-refractivity contribution in [2.75, 3.05) is 6.54 Å². The minimum atomic E-state index is -0.403. The molecule has 0 aliphatic carbocycles. The zero-order valence-electron chi connectivity index (χ0n) is 15.3. The molecule has 1 aromatic heterocycles. The quantitative estimate of drug-likeness (QED) is 0.304. The number of unbranched alkanes of at least 4 members (excludes halogenated alkanes) is 3. The third kappa shape index (κ3) is 4.96. The van der Waals surface area contributed by atoms with E-state index in [9.17, 15) is 14.4 Å². The first-order chi connectivity index (χ1) is 13.6. The zero-order valence-corrected chi connectivity index (χ0v) is 16.1. The molecule has 1 aliphatic rings. The first-order valence-corrected chi connectivity index (χ1v) is 9.93. The van der Waals surface area contributed by atoms with Gasteiger partial charge in [0.25, 0.3) is 11.1 Å². The molecule has 7 nitrogen and oxygen atoms in total. The molecule has 1 aromatic carbocycles. The number of thioether (sulfide) groups is 1. The van der Waals surface area contributed by atoms with Crippen LogP contribution >= 0.6 is 11.8 Å². The standard InChI is InChI=1S/C20H21N3O4S/c24-18(22-27)9-3-1-2-6-10-23-19(25)17(28-20(23)26)12-14-11-15-7-4-5-8-16(15)21-13-14/h4-5,7-8,11-13,27H,1-3,6,9-10H2,(H,22,24)/b17-12-. The lowest BCUT2D eigenvalue weighted by atomic mass is 10.1. The van der Waals surface area contributed by atoms with Gasteiger partial charge in [-0.3, -0.25) is 29.5 Å². The van der Waals surface area contributed by atoms with E-state index in [4.69, 9.17) is 5.21 Å². The number of fused-ring (bicyclic) bond motifs is 1. The van der Waals surface area contributed by atoms with E-state index >= 15 is 0 Å². The second-order valence-corrected chi connectivity index (χ2v) is 7.49. The summed E-state index contributed by atoms with van der Waals surface area (Å²) in [6.45, 7) is 0.365. The largest absolute Gasteiger partial charge is 0.293 e. The Hall–Kier alpha value is -2.71. The molecule has 0 atom stereocenters. The van der Waals surface area contributed by atoms with Gasteiger partial charge in [0, 0.05) is 24.5 Å². The van der Waals surface area contributed by atoms with E-state index in [2.05, 4.69) is 4.98 Å². The number of hydrogen-bond donors (Lipinski definition) is 2. The maximum Gasteiger partial charge on any atom is 0.293 e. The number of carbonyl (C=O) groups is 3. The Balaban J connectivity index is 1.55. The van der Waals surface area contributed by atoms with Crippen LogP contribution in [-0.2, 0) is 9.59 Å². The number of carbonyl (C=O) groups excluding carboxylic acids is 3. The number of benzene rings is 1. The van der Waals surface area contributed by atoms with Crippen molar-refractivity contribution in [2.24, 2.45) is 0 Å². The average molecular weight is 399 g/mol. The third-order valence-corrected chi connectivity index (χ3v) is 5.35. The normalized spacial score (nSPS) is 15.6. The Labute approximate surface area is 166 Å². The van der Waals surface area contributed by atoms with Gasteiger partial charge in [0.1, 0.15) is 0 Å². The van der Waals surface area contributed by atoms with Crippen molar-refractivity contribution >= 4 is 45.8 Å². The molecule has 2 aromatic rings. The van der Waals surface area contributed by atoms with Crippen LogP contribution in [0.25, 0.3) is 17.0 Å². The number of aromatic nitrogens is 1. The molecule has 8 heteroatoms. The number of para-hydroxylation sites is 1. The van der Waals surface area contributed by atoms with Crippen LogP contribution in [0.2, 0.25) is 0 Å². The van der Waals surface area contributed by atoms with E-state index in [0.717, 1.165) is 41.1 Å². The van der Waals surface area contributed by atoms with E-state index in [1.54, 1.807) is 17.8 Å². The molecule has 3 amide bonds. The topological polar surface area (TPSA) is 99.6 Å². The van der Waals surface area contributed by atoms with Gasteiger partial charge in [-0.05, 0) is 48.4 Å². The Morgan fingerprint density at radius 2 is 1.96 bits per heavy atom. The van der Waals surface area contributed by atoms with Crippen molar-refractivity contribution in [1.82, 2.24) is 15.4 Å². The van der Waals surface area contributed by atoms with Crippen molar-refractivity contribution in [3.05, 3.63) is 47.0 Å². The van der Waals surface area contributed by atoms with Gasteiger partial charge in [-0.15, -0.1) is 0 Å². The predicted octanol–water partition coefficient (Wildman–Crippen LogP) is 3.73. The predicted molar refractivity (Wildman–Crippen MR) is 107 cm³/mol. The molecular weight excluding hydrogens is 378 g/mol. The second-order valence-electron chi connectivity index (χ2n) is 6.49. The Kier molecular flexibility index (Phi) is 6.78. The Morgan fingerprint density at radius 1 is 1.18 bits per heavy atom. The van der Waals surface area contributed by atoms with Gasteiger partial charge in [0.05, 0.1) is 10.4 Å². The van der Waals surface area contributed by atoms with Crippen molar-refractivity contribution in [1.29, 1.82) is 0 Å². The van der Waals surface area contributed by atoms with E-state index < -0.39 is 5.91 Å². The summed E-state index contributed by atoms with van der Waals surface area (Å²) in [5.74, 6) is -0.679. The van der Waals surface area contributed by atoms with Crippen molar-refractivity contribution in [2.45, 2.75) is 32.1 Å². The van der Waals surface area contributed by atoms with Crippen LogP contribution in [0.1, 0.15) is 37.7 Å². The van der Waals surface area contributed by atoms with Gasteiger partial charge >= 0.3 is 0 Å². The molecule has 1 saturated heterocycles. The Bertz CT molecular complexity index is 929. The first kappa shape index (κ1) is 20.0. The highest BCUT2D eigenvalue weighted by atomic mass is 32.2. The summed E-state index contributed by atoms with van der Waals surface area (Å²) >= 11 is 0.947. The smallest absolute Gasteiger partial charge is 0.289 e. The summed E-state index contributed by atoms with van der Waals surface area (Å²) in [6.07, 6.45) is 6.60. The number of nitrogens with one attached hydrogen (secondary N) is 1. The SMILES string of the molecule is O=C(CCCCCCN1C(=O)S/C(=C\c2cnc3ccccc3c2)C1=O)NO. The highest BCUT2D eigenvalue weighted by Crippen LogP contribution is 2.32. The Morgan fingerprint density at radius 3 is 2.79 bits per heavy atom. The molecule has 2 heterocycles. The number of imide groups is 1. The monoisotopic (exact) mass is 399 g/mol. The van der Waals surface area contributed by atoms with Crippen LogP contribution < -0.4 is 5.48 Å². The lowest BCUT2D eigenvalue weighted by molar-refractivity contribution is -0.129. The number of nitrogens with zero attached hydrogens (tertiary/aromatic N) is 2. The fourth-order valence-corrected chi connectivity index (χ4v) is 3.84. The van der Waals surface area contributed by atoms with Gasteiger partial charge in [-0.2, -0.15) is 0 Å². The van der Waals surface area contributed by atoms with E-state index in [1.807, 2.05) is 30.3 Å². The molecule has 0 unspecified atom stereocenters. The maximum absolute atomic E-state index is 12.5. The molecule has 1 fully saturated rings. The second kappa shape index (κ2) is 9.48. The summed E-state index contributed by atoms with van der Waals surface area (Å²) in [6, 6.07) is 9.66. The van der Waals surface area contributed by atoms with Gasteiger partial charge in [0.15, 0.2) is 0 Å². The minimum absolute atomic E-state index is 0.260. The molecule has 0 bridgehead atoms. The van der Waals surface area contributed by atoms with E-state index in [1.165, 1.54) is 4.90 Å². The van der Waals surface area contributed by atoms with Gasteiger partial charge < -0.3 is 0 Å². The molecule has 2 N–H and O–H groups in total. The lowest BCUT2D eigenvalue weighted by Gasteiger charge is -2.11. The summed E-state index contributed by atoms with van der Waals surface area (Å²) in [4.78, 5) is 41.7. The average Bonchev–Trinajstić information content (AvgIpc) is 2.97. The molecule has 28 heavy (non-hydrogen) atoms. The number of pyridine rings is 1. The van der Waals surface area contributed by atoms with Crippen LogP contribution in [0.4, 0.5) is 4.79 Å². The fraction of sp³-hybridized carbons (Fsp3) is 0.300. The molecule has 1 aliphatic heterocycles. The van der Waals surface area contributed by atoms with E-state index in [-0.39, 0.29) is 17.6 Å². The molecule has 0 radical (unpaired) electrons. The highest BCUT2D eigenvalue weighted by molar-refractivity contribution is 8.18. The van der Waals surface area contributed by atoms with Crippen LogP contribution in [0.5, 0.6) is 0 Å². The number of rotatable bonds is 8. The van der Waals surface area contributed by atoms with Crippen molar-refractivity contribution in [3.8, 4) is 0 Å². The maximum atomic E-state index is 12.5. The zero-order chi connectivity index (χ0) is 19.9. The minimum Gasteiger partial charge on any atom is -0.289 e. The molecule has 146 valence electrons. The summed E-state index contributed by atoms with van der Waals surface area (Å²) in [5, 5.41) is 9.15.